The summed E-state index contributed by atoms with van der Waals surface area (Å²) in [6, 6.07) is 7.43. The molecule has 0 radical (unpaired) electrons. The molecule has 0 bridgehead atoms. The summed E-state index contributed by atoms with van der Waals surface area (Å²) in [4.78, 5) is 11.9. The van der Waals surface area contributed by atoms with E-state index in [2.05, 4.69) is 5.32 Å². The van der Waals surface area contributed by atoms with Gasteiger partial charge in [-0.3, -0.25) is 4.79 Å². The van der Waals surface area contributed by atoms with Gasteiger partial charge in [-0.2, -0.15) is 0 Å². The van der Waals surface area contributed by atoms with Crippen molar-refractivity contribution in [3.05, 3.63) is 24.3 Å². The molecule has 0 aliphatic carbocycles. The molecule has 3 nitrogen and oxygen atoms in total. The fourth-order valence-electron chi connectivity index (χ4n) is 1.26. The van der Waals surface area contributed by atoms with Gasteiger partial charge in [0.1, 0.15) is 5.75 Å². The highest BCUT2D eigenvalue weighted by molar-refractivity contribution is 5.94. The highest BCUT2D eigenvalue weighted by atomic mass is 16.5. The van der Waals surface area contributed by atoms with Crippen molar-refractivity contribution < 1.29 is 9.53 Å². The maximum Gasteiger partial charge on any atom is 0.230 e. The van der Waals surface area contributed by atoms with Crippen LogP contribution in [-0.4, -0.2) is 12.5 Å². The lowest BCUT2D eigenvalue weighted by Gasteiger charge is -2.21. The minimum absolute atomic E-state index is 0.0455. The van der Waals surface area contributed by atoms with E-state index in [1.807, 2.05) is 52.0 Å². The SMILES string of the molecule is CCOc1ccc(NC(=O)C(C)(C)CC)cc1. The molecule has 1 N–H and O–H groups in total. The molecule has 1 aromatic rings. The number of anilines is 1. The molecule has 0 heterocycles. The van der Waals surface area contributed by atoms with Gasteiger partial charge in [-0.25, -0.2) is 0 Å². The van der Waals surface area contributed by atoms with Crippen LogP contribution in [0.3, 0.4) is 0 Å². The van der Waals surface area contributed by atoms with E-state index in [-0.39, 0.29) is 11.3 Å². The Morgan fingerprint density at radius 2 is 1.82 bits per heavy atom. The van der Waals surface area contributed by atoms with Crippen LogP contribution in [0.4, 0.5) is 5.69 Å². The van der Waals surface area contributed by atoms with Gasteiger partial charge in [0.05, 0.1) is 6.61 Å². The van der Waals surface area contributed by atoms with E-state index in [1.165, 1.54) is 0 Å². The molecule has 0 atom stereocenters. The first kappa shape index (κ1) is 13.6. The molecule has 1 amide bonds. The monoisotopic (exact) mass is 235 g/mol. The van der Waals surface area contributed by atoms with Crippen molar-refractivity contribution >= 4 is 11.6 Å². The Balaban J connectivity index is 2.66. The van der Waals surface area contributed by atoms with Crippen LogP contribution >= 0.6 is 0 Å². The van der Waals surface area contributed by atoms with Crippen molar-refractivity contribution in [1.82, 2.24) is 0 Å². The molecule has 17 heavy (non-hydrogen) atoms. The summed E-state index contributed by atoms with van der Waals surface area (Å²) >= 11 is 0. The summed E-state index contributed by atoms with van der Waals surface area (Å²) in [5.41, 5.74) is 0.471. The zero-order valence-corrected chi connectivity index (χ0v) is 11.0. The van der Waals surface area contributed by atoms with Crippen LogP contribution in [0.5, 0.6) is 5.75 Å². The Bertz CT molecular complexity index is 368. The van der Waals surface area contributed by atoms with Gasteiger partial charge < -0.3 is 10.1 Å². The highest BCUT2D eigenvalue weighted by Gasteiger charge is 2.25. The molecular formula is C14H21NO2. The number of carbonyl (C=O) groups excluding carboxylic acids is 1. The minimum atomic E-state index is -0.335. The molecule has 0 aliphatic heterocycles. The zero-order valence-electron chi connectivity index (χ0n) is 11.0. The largest absolute Gasteiger partial charge is 0.494 e. The van der Waals surface area contributed by atoms with E-state index >= 15 is 0 Å². The van der Waals surface area contributed by atoms with Gasteiger partial charge in [-0.15, -0.1) is 0 Å². The molecule has 0 aromatic heterocycles. The smallest absolute Gasteiger partial charge is 0.230 e. The number of ether oxygens (including phenoxy) is 1. The van der Waals surface area contributed by atoms with Crippen molar-refractivity contribution in [2.75, 3.05) is 11.9 Å². The quantitative estimate of drug-likeness (QED) is 0.848. The molecule has 1 rings (SSSR count). The Morgan fingerprint density at radius 1 is 1.24 bits per heavy atom. The third kappa shape index (κ3) is 3.77. The summed E-state index contributed by atoms with van der Waals surface area (Å²) in [6.07, 6.45) is 0.815. The Kier molecular flexibility index (Phi) is 4.55. The molecule has 94 valence electrons. The molecule has 0 fully saturated rings. The van der Waals surface area contributed by atoms with Crippen molar-refractivity contribution in [3.8, 4) is 5.75 Å². The molecule has 0 unspecified atom stereocenters. The maximum absolute atomic E-state index is 11.9. The van der Waals surface area contributed by atoms with E-state index in [0.717, 1.165) is 17.9 Å². The van der Waals surface area contributed by atoms with Gasteiger partial charge in [0, 0.05) is 11.1 Å². The first-order valence-corrected chi connectivity index (χ1v) is 6.04. The van der Waals surface area contributed by atoms with Gasteiger partial charge in [0.15, 0.2) is 0 Å². The molecular weight excluding hydrogens is 214 g/mol. The fraction of sp³-hybridized carbons (Fsp3) is 0.500. The molecule has 3 heteroatoms. The predicted octanol–water partition coefficient (Wildman–Crippen LogP) is 3.46. The van der Waals surface area contributed by atoms with Gasteiger partial charge in [0.25, 0.3) is 0 Å². The minimum Gasteiger partial charge on any atom is -0.494 e. The topological polar surface area (TPSA) is 38.3 Å². The van der Waals surface area contributed by atoms with Crippen molar-refractivity contribution in [2.24, 2.45) is 5.41 Å². The Labute approximate surface area is 103 Å². The van der Waals surface area contributed by atoms with E-state index in [4.69, 9.17) is 4.74 Å². The first-order valence-electron chi connectivity index (χ1n) is 6.04. The van der Waals surface area contributed by atoms with Gasteiger partial charge in [-0.05, 0) is 37.6 Å². The van der Waals surface area contributed by atoms with Crippen LogP contribution in [-0.2, 0) is 4.79 Å². The average molecular weight is 235 g/mol. The second kappa shape index (κ2) is 5.71. The summed E-state index contributed by atoms with van der Waals surface area (Å²) in [5, 5.41) is 2.91. The van der Waals surface area contributed by atoms with Crippen LogP contribution in [0.25, 0.3) is 0 Å². The van der Waals surface area contributed by atoms with Crippen LogP contribution in [0.15, 0.2) is 24.3 Å². The van der Waals surface area contributed by atoms with Crippen molar-refractivity contribution in [1.29, 1.82) is 0 Å². The number of hydrogen-bond acceptors (Lipinski definition) is 2. The van der Waals surface area contributed by atoms with E-state index < -0.39 is 0 Å². The lowest BCUT2D eigenvalue weighted by atomic mass is 9.89. The summed E-state index contributed by atoms with van der Waals surface area (Å²) in [5.74, 6) is 0.865. The standard InChI is InChI=1S/C14H21NO2/c1-5-14(3,4)13(16)15-11-7-9-12(10-8-11)17-6-2/h7-10H,5-6H2,1-4H3,(H,15,16). The second-order valence-electron chi connectivity index (χ2n) is 4.65. The van der Waals surface area contributed by atoms with E-state index in [0.29, 0.717) is 6.61 Å². The number of nitrogens with one attached hydrogen (secondary N) is 1. The predicted molar refractivity (Wildman–Crippen MR) is 70.3 cm³/mol. The van der Waals surface area contributed by atoms with E-state index in [9.17, 15) is 4.79 Å². The number of rotatable bonds is 5. The number of amides is 1. The van der Waals surface area contributed by atoms with Crippen LogP contribution in [0, 0.1) is 5.41 Å². The van der Waals surface area contributed by atoms with Gasteiger partial charge >= 0.3 is 0 Å². The molecule has 0 spiro atoms. The molecule has 1 aromatic carbocycles. The van der Waals surface area contributed by atoms with Crippen molar-refractivity contribution in [3.63, 3.8) is 0 Å². The zero-order chi connectivity index (χ0) is 12.9. The fourth-order valence-corrected chi connectivity index (χ4v) is 1.26. The number of carbonyl (C=O) groups is 1. The molecule has 0 saturated heterocycles. The first-order chi connectivity index (χ1) is 7.99. The third-order valence-electron chi connectivity index (χ3n) is 2.92. The van der Waals surface area contributed by atoms with Gasteiger partial charge in [0.2, 0.25) is 5.91 Å². The summed E-state index contributed by atoms with van der Waals surface area (Å²) < 4.78 is 5.34. The maximum atomic E-state index is 11.9. The number of benzene rings is 1. The molecule has 0 saturated carbocycles. The Hall–Kier alpha value is -1.51. The van der Waals surface area contributed by atoms with Crippen molar-refractivity contribution in [2.45, 2.75) is 34.1 Å². The molecule has 0 aliphatic rings. The lowest BCUT2D eigenvalue weighted by molar-refractivity contribution is -0.124. The normalized spacial score (nSPS) is 11.1. The third-order valence-corrected chi connectivity index (χ3v) is 2.92. The summed E-state index contributed by atoms with van der Waals surface area (Å²) in [7, 11) is 0. The van der Waals surface area contributed by atoms with E-state index in [1.54, 1.807) is 0 Å². The highest BCUT2D eigenvalue weighted by Crippen LogP contribution is 2.23. The average Bonchev–Trinajstić information content (AvgIpc) is 2.32. The van der Waals surface area contributed by atoms with Crippen LogP contribution < -0.4 is 10.1 Å². The van der Waals surface area contributed by atoms with Gasteiger partial charge in [-0.1, -0.05) is 20.8 Å². The lowest BCUT2D eigenvalue weighted by Crippen LogP contribution is -2.29. The second-order valence-corrected chi connectivity index (χ2v) is 4.65. The van der Waals surface area contributed by atoms with Crippen LogP contribution in [0.1, 0.15) is 34.1 Å². The van der Waals surface area contributed by atoms with Crippen LogP contribution in [0.2, 0.25) is 0 Å². The Morgan fingerprint density at radius 3 is 2.29 bits per heavy atom. The summed E-state index contributed by atoms with van der Waals surface area (Å²) in [6.45, 7) is 8.49. The number of hydrogen-bond donors (Lipinski definition) is 1.